The Morgan fingerprint density at radius 2 is 1.79 bits per heavy atom. The average Bonchev–Trinajstić information content (AvgIpc) is 2.22. The van der Waals surface area contributed by atoms with Crippen LogP contribution in [0.2, 0.25) is 0 Å². The van der Waals surface area contributed by atoms with Crippen LogP contribution in [0.5, 0.6) is 0 Å². The topological polar surface area (TPSA) is 151 Å². The van der Waals surface area contributed by atoms with Gasteiger partial charge in [0, 0.05) is 13.1 Å². The highest BCUT2D eigenvalue weighted by molar-refractivity contribution is 7.88. The number of urea groups is 1. The van der Waals surface area contributed by atoms with Gasteiger partial charge in [0.1, 0.15) is 13.2 Å². The van der Waals surface area contributed by atoms with Crippen molar-refractivity contribution in [3.63, 3.8) is 0 Å². The first-order chi connectivity index (χ1) is 8.70. The van der Waals surface area contributed by atoms with Crippen LogP contribution >= 0.6 is 0 Å². The second-order valence-corrected chi connectivity index (χ2v) is 5.19. The molecule has 0 heterocycles. The number of hydrogen-bond donors (Lipinski definition) is 4. The number of carbonyl (C=O) groups excluding carboxylic acids is 2. The van der Waals surface area contributed by atoms with Gasteiger partial charge < -0.3 is 15.2 Å². The lowest BCUT2D eigenvalue weighted by molar-refractivity contribution is -0.143. The highest BCUT2D eigenvalue weighted by atomic mass is 32.2. The predicted octanol–water partition coefficient (Wildman–Crippen LogP) is -2.54. The molecule has 11 heteroatoms. The van der Waals surface area contributed by atoms with Crippen LogP contribution in [0.25, 0.3) is 0 Å². The monoisotopic (exact) mass is 297 g/mol. The molecule has 3 amide bonds. The maximum atomic E-state index is 11.1. The van der Waals surface area contributed by atoms with Gasteiger partial charge in [-0.25, -0.2) is 22.7 Å². The number of sulfonamides is 1. The zero-order valence-electron chi connectivity index (χ0n) is 10.1. The summed E-state index contributed by atoms with van der Waals surface area (Å²) in [6.45, 7) is -1.24. The van der Waals surface area contributed by atoms with E-state index in [-0.39, 0.29) is 13.1 Å². The number of carbonyl (C=O) groups is 3. The Balaban J connectivity index is 3.68. The largest absolute Gasteiger partial charge is 0.480 e. The number of hydrogen-bond acceptors (Lipinski definition) is 6. The van der Waals surface area contributed by atoms with Gasteiger partial charge in [-0.05, 0) is 0 Å². The predicted molar refractivity (Wildman–Crippen MR) is 62.8 cm³/mol. The van der Waals surface area contributed by atoms with Gasteiger partial charge >= 0.3 is 12.0 Å². The molecule has 0 aliphatic rings. The number of amides is 3. The lowest BCUT2D eigenvalue weighted by Crippen LogP contribution is -2.43. The van der Waals surface area contributed by atoms with E-state index >= 15 is 0 Å². The molecule has 19 heavy (non-hydrogen) atoms. The van der Waals surface area contributed by atoms with E-state index in [9.17, 15) is 22.8 Å². The van der Waals surface area contributed by atoms with E-state index in [1.807, 2.05) is 5.32 Å². The van der Waals surface area contributed by atoms with Crippen molar-refractivity contribution >= 4 is 27.9 Å². The summed E-state index contributed by atoms with van der Waals surface area (Å²) >= 11 is 0. The molecule has 110 valence electrons. The van der Waals surface area contributed by atoms with Crippen molar-refractivity contribution in [3.05, 3.63) is 0 Å². The van der Waals surface area contributed by atoms with Crippen LogP contribution in [0.3, 0.4) is 0 Å². The molecule has 0 saturated heterocycles. The maximum Gasteiger partial charge on any atom is 0.329 e. The van der Waals surface area contributed by atoms with Crippen LogP contribution < -0.4 is 15.4 Å². The fourth-order valence-corrected chi connectivity index (χ4v) is 1.32. The molecule has 0 aromatic heterocycles. The number of ether oxygens (including phenoxy) is 1. The van der Waals surface area contributed by atoms with Gasteiger partial charge in [-0.15, -0.1) is 0 Å². The molecule has 10 nitrogen and oxygen atoms in total. The highest BCUT2D eigenvalue weighted by Gasteiger charge is 2.08. The third-order valence-corrected chi connectivity index (χ3v) is 2.21. The van der Waals surface area contributed by atoms with Crippen molar-refractivity contribution in [2.24, 2.45) is 0 Å². The number of imide groups is 1. The molecule has 0 spiro atoms. The molecular weight excluding hydrogens is 282 g/mol. The molecule has 0 rings (SSSR count). The van der Waals surface area contributed by atoms with E-state index in [4.69, 9.17) is 5.11 Å². The smallest absolute Gasteiger partial charge is 0.329 e. The Labute approximate surface area is 109 Å². The third-order valence-electron chi connectivity index (χ3n) is 1.49. The van der Waals surface area contributed by atoms with Crippen LogP contribution in [0.15, 0.2) is 0 Å². The van der Waals surface area contributed by atoms with Crippen molar-refractivity contribution in [1.82, 2.24) is 15.4 Å². The van der Waals surface area contributed by atoms with Crippen LogP contribution in [0.4, 0.5) is 4.79 Å². The average molecular weight is 297 g/mol. The SMILES string of the molecule is CS(=O)(=O)NCCNC(=O)NC(=O)COCC(=O)O. The number of carboxylic acids is 1. The highest BCUT2D eigenvalue weighted by Crippen LogP contribution is 1.77. The van der Waals surface area contributed by atoms with Gasteiger partial charge in [-0.2, -0.15) is 0 Å². The molecule has 0 aliphatic heterocycles. The molecule has 0 fully saturated rings. The molecule has 0 aromatic carbocycles. The van der Waals surface area contributed by atoms with Crippen molar-refractivity contribution in [1.29, 1.82) is 0 Å². The summed E-state index contributed by atoms with van der Waals surface area (Å²) in [4.78, 5) is 32.2. The third kappa shape index (κ3) is 12.5. The Bertz CT molecular complexity index is 434. The Morgan fingerprint density at radius 1 is 1.16 bits per heavy atom. The van der Waals surface area contributed by atoms with Gasteiger partial charge in [0.15, 0.2) is 0 Å². The minimum absolute atomic E-state index is 0.0117. The van der Waals surface area contributed by atoms with Crippen LogP contribution in [-0.4, -0.2) is 64.0 Å². The molecule has 0 saturated carbocycles. The van der Waals surface area contributed by atoms with E-state index in [0.29, 0.717) is 0 Å². The van der Waals surface area contributed by atoms with Crippen LogP contribution in [0.1, 0.15) is 0 Å². The Hall–Kier alpha value is -1.72. The molecular formula is C8H15N3O7S. The van der Waals surface area contributed by atoms with Gasteiger partial charge in [-0.3, -0.25) is 10.1 Å². The number of carboxylic acid groups (broad SMARTS) is 1. The summed E-state index contributed by atoms with van der Waals surface area (Å²) in [7, 11) is -3.33. The summed E-state index contributed by atoms with van der Waals surface area (Å²) in [5, 5.41) is 12.3. The number of rotatable bonds is 8. The fraction of sp³-hybridized carbons (Fsp3) is 0.625. The van der Waals surface area contributed by atoms with E-state index in [1.165, 1.54) is 0 Å². The first-order valence-electron chi connectivity index (χ1n) is 5.02. The lowest BCUT2D eigenvalue weighted by atomic mass is 10.6. The summed E-state index contributed by atoms with van der Waals surface area (Å²) in [5.41, 5.74) is 0. The molecule has 0 unspecified atom stereocenters. The van der Waals surface area contributed by atoms with Gasteiger partial charge in [-0.1, -0.05) is 0 Å². The summed E-state index contributed by atoms with van der Waals surface area (Å²) in [6.07, 6.45) is 0.969. The second kappa shape index (κ2) is 8.39. The zero-order valence-corrected chi connectivity index (χ0v) is 10.9. The maximum absolute atomic E-state index is 11.1. The van der Waals surface area contributed by atoms with Crippen LogP contribution in [-0.2, 0) is 24.3 Å². The summed E-state index contributed by atoms with van der Waals surface area (Å²) < 4.78 is 27.9. The van der Waals surface area contributed by atoms with E-state index in [2.05, 4.69) is 14.8 Å². The van der Waals surface area contributed by atoms with E-state index in [0.717, 1.165) is 6.26 Å². The lowest BCUT2D eigenvalue weighted by Gasteiger charge is -2.06. The summed E-state index contributed by atoms with van der Waals surface area (Å²) in [5.74, 6) is -2.04. The molecule has 0 aliphatic carbocycles. The molecule has 4 N–H and O–H groups in total. The van der Waals surface area contributed by atoms with E-state index < -0.39 is 41.1 Å². The van der Waals surface area contributed by atoms with Crippen molar-refractivity contribution in [2.45, 2.75) is 0 Å². The molecule has 0 aromatic rings. The standard InChI is InChI=1S/C8H15N3O7S/c1-19(16,17)10-3-2-9-8(15)11-6(12)4-18-5-7(13)14/h10H,2-5H2,1H3,(H,13,14)(H2,9,11,12,15). The minimum Gasteiger partial charge on any atom is -0.480 e. The normalized spacial score (nSPS) is 10.8. The first-order valence-corrected chi connectivity index (χ1v) is 6.91. The second-order valence-electron chi connectivity index (χ2n) is 3.36. The molecule has 0 radical (unpaired) electrons. The van der Waals surface area contributed by atoms with Gasteiger partial charge in [0.2, 0.25) is 10.0 Å². The Kier molecular flexibility index (Phi) is 7.63. The first kappa shape index (κ1) is 17.3. The summed E-state index contributed by atoms with van der Waals surface area (Å²) in [6, 6.07) is -0.834. The number of aliphatic carboxylic acids is 1. The van der Waals surface area contributed by atoms with E-state index in [1.54, 1.807) is 0 Å². The van der Waals surface area contributed by atoms with Crippen molar-refractivity contribution in [2.75, 3.05) is 32.6 Å². The Morgan fingerprint density at radius 3 is 2.32 bits per heavy atom. The van der Waals surface area contributed by atoms with Crippen LogP contribution in [0, 0.1) is 0 Å². The molecule has 0 bridgehead atoms. The zero-order chi connectivity index (χ0) is 14.9. The van der Waals surface area contributed by atoms with Crippen molar-refractivity contribution in [3.8, 4) is 0 Å². The molecule has 0 atom stereocenters. The van der Waals surface area contributed by atoms with Gasteiger partial charge in [0.05, 0.1) is 6.26 Å². The number of nitrogens with one attached hydrogen (secondary N) is 3. The quantitative estimate of drug-likeness (QED) is 0.360. The fourth-order valence-electron chi connectivity index (χ4n) is 0.850. The van der Waals surface area contributed by atoms with Crippen molar-refractivity contribution < 1.29 is 32.6 Å². The minimum atomic E-state index is -3.33. The van der Waals surface area contributed by atoms with Gasteiger partial charge in [0.25, 0.3) is 5.91 Å².